The van der Waals surface area contributed by atoms with Crippen molar-refractivity contribution >= 4 is 40.1 Å². The number of non-ortho nitro benzene ring substituents is 1. The van der Waals surface area contributed by atoms with E-state index in [9.17, 15) is 14.9 Å². The molecule has 1 amide bonds. The molecular weight excluding hydrogens is 374 g/mol. The van der Waals surface area contributed by atoms with Crippen LogP contribution < -0.4 is 0 Å². The highest BCUT2D eigenvalue weighted by Gasteiger charge is 2.24. The van der Waals surface area contributed by atoms with Crippen LogP contribution in [0.4, 0.5) is 5.69 Å². The van der Waals surface area contributed by atoms with Gasteiger partial charge in [-0.3, -0.25) is 24.8 Å². The highest BCUT2D eigenvalue weighted by Crippen LogP contribution is 2.22. The number of thioether (sulfide) groups is 1. The second kappa shape index (κ2) is 8.33. The summed E-state index contributed by atoms with van der Waals surface area (Å²) in [5.74, 6) is 0.599. The molecule has 0 aromatic heterocycles. The number of hydrogen-bond donors (Lipinski definition) is 0. The molecule has 2 aromatic carbocycles. The highest BCUT2D eigenvalue weighted by atomic mass is 35.5. The van der Waals surface area contributed by atoms with Crippen LogP contribution in [0.3, 0.4) is 0 Å². The largest absolute Gasteiger partial charge is 0.289 e. The molecule has 134 valence electrons. The van der Waals surface area contributed by atoms with E-state index >= 15 is 0 Å². The smallest absolute Gasteiger partial charge is 0.269 e. The summed E-state index contributed by atoms with van der Waals surface area (Å²) < 4.78 is 0. The normalized spacial score (nSPS) is 13.6. The van der Waals surface area contributed by atoms with Crippen molar-refractivity contribution in [1.82, 2.24) is 4.90 Å². The Bertz CT molecular complexity index is 838. The average Bonchev–Trinajstić information content (AvgIpc) is 3.11. The number of carbonyl (C=O) groups excluding carboxylic acids is 1. The lowest BCUT2D eigenvalue weighted by molar-refractivity contribution is -0.384. The third-order valence-electron chi connectivity index (χ3n) is 3.89. The molecule has 0 saturated heterocycles. The van der Waals surface area contributed by atoms with Gasteiger partial charge in [0.25, 0.3) is 5.69 Å². The first-order valence-electron chi connectivity index (χ1n) is 7.98. The molecule has 1 aliphatic heterocycles. The molecule has 0 N–H and O–H groups in total. The minimum absolute atomic E-state index is 0.000211. The van der Waals surface area contributed by atoms with Crippen LogP contribution in [0.1, 0.15) is 11.1 Å². The minimum atomic E-state index is -0.421. The summed E-state index contributed by atoms with van der Waals surface area (Å²) in [7, 11) is 0. The number of amides is 1. The Morgan fingerprint density at radius 3 is 2.46 bits per heavy atom. The Hall–Kier alpha value is -2.38. The van der Waals surface area contributed by atoms with E-state index in [4.69, 9.17) is 11.6 Å². The van der Waals surface area contributed by atoms with Crippen LogP contribution in [0.5, 0.6) is 0 Å². The minimum Gasteiger partial charge on any atom is -0.289 e. The van der Waals surface area contributed by atoms with E-state index in [-0.39, 0.29) is 11.6 Å². The zero-order chi connectivity index (χ0) is 18.5. The molecule has 0 unspecified atom stereocenters. The molecule has 26 heavy (non-hydrogen) atoms. The number of nitro groups is 1. The number of aliphatic imine (C=N–C) groups is 1. The maximum atomic E-state index is 12.6. The number of halogens is 1. The van der Waals surface area contributed by atoms with E-state index in [1.165, 1.54) is 23.9 Å². The van der Waals surface area contributed by atoms with Gasteiger partial charge in [0, 0.05) is 29.5 Å². The predicted molar refractivity (Wildman–Crippen MR) is 104 cm³/mol. The number of nitrogens with zero attached hydrogens (tertiary/aromatic N) is 3. The van der Waals surface area contributed by atoms with Crippen molar-refractivity contribution in [2.75, 3.05) is 13.1 Å². The number of hydrogen-bond acceptors (Lipinski definition) is 5. The van der Waals surface area contributed by atoms with E-state index in [0.717, 1.165) is 11.1 Å². The van der Waals surface area contributed by atoms with Crippen LogP contribution in [-0.2, 0) is 17.0 Å². The summed E-state index contributed by atoms with van der Waals surface area (Å²) in [5, 5.41) is 12.0. The molecule has 8 heteroatoms. The average molecular weight is 390 g/mol. The van der Waals surface area contributed by atoms with Crippen LogP contribution in [0.15, 0.2) is 53.5 Å². The fraction of sp³-hybridized carbons (Fsp3) is 0.222. The van der Waals surface area contributed by atoms with Gasteiger partial charge in [-0.2, -0.15) is 0 Å². The van der Waals surface area contributed by atoms with Gasteiger partial charge in [0.05, 0.1) is 17.9 Å². The predicted octanol–water partition coefficient (Wildman–Crippen LogP) is 3.92. The Labute approximate surface area is 160 Å². The number of carbonyl (C=O) groups is 1. The van der Waals surface area contributed by atoms with Crippen molar-refractivity contribution in [3.63, 3.8) is 0 Å². The van der Waals surface area contributed by atoms with Gasteiger partial charge < -0.3 is 0 Å². The van der Waals surface area contributed by atoms with E-state index < -0.39 is 4.92 Å². The first-order valence-corrected chi connectivity index (χ1v) is 9.34. The quantitative estimate of drug-likeness (QED) is 0.573. The van der Waals surface area contributed by atoms with E-state index in [2.05, 4.69) is 4.99 Å². The standard InChI is InChI=1S/C18H16ClN3O3S/c19-15-5-1-13(2-6-15)11-17(23)21-10-9-20-18(21)26-12-14-3-7-16(8-4-14)22(24)25/h1-8H,9-12H2. The summed E-state index contributed by atoms with van der Waals surface area (Å²) in [4.78, 5) is 28.9. The van der Waals surface area contributed by atoms with Gasteiger partial charge >= 0.3 is 0 Å². The maximum Gasteiger partial charge on any atom is 0.269 e. The third kappa shape index (κ3) is 4.62. The zero-order valence-corrected chi connectivity index (χ0v) is 15.4. The number of rotatable bonds is 5. The van der Waals surface area contributed by atoms with Crippen molar-refractivity contribution in [3.05, 3.63) is 74.8 Å². The topological polar surface area (TPSA) is 75.8 Å². The van der Waals surface area contributed by atoms with Crippen molar-refractivity contribution in [3.8, 4) is 0 Å². The second-order valence-corrected chi connectivity index (χ2v) is 7.10. The molecule has 6 nitrogen and oxygen atoms in total. The van der Waals surface area contributed by atoms with Crippen LogP contribution in [0, 0.1) is 10.1 Å². The van der Waals surface area contributed by atoms with Crippen LogP contribution in [0.25, 0.3) is 0 Å². The van der Waals surface area contributed by atoms with Crippen molar-refractivity contribution in [2.24, 2.45) is 4.99 Å². The lowest BCUT2D eigenvalue weighted by Gasteiger charge is -2.18. The second-order valence-electron chi connectivity index (χ2n) is 5.73. The maximum absolute atomic E-state index is 12.6. The Kier molecular flexibility index (Phi) is 5.90. The molecule has 0 aliphatic carbocycles. The van der Waals surface area contributed by atoms with Crippen LogP contribution in [0.2, 0.25) is 5.02 Å². The first-order chi connectivity index (χ1) is 12.5. The van der Waals surface area contributed by atoms with Crippen molar-refractivity contribution in [1.29, 1.82) is 0 Å². The Morgan fingerprint density at radius 1 is 1.15 bits per heavy atom. The van der Waals surface area contributed by atoms with Crippen molar-refractivity contribution in [2.45, 2.75) is 12.2 Å². The van der Waals surface area contributed by atoms with Gasteiger partial charge in [-0.05, 0) is 23.3 Å². The molecule has 0 radical (unpaired) electrons. The van der Waals surface area contributed by atoms with E-state index in [0.29, 0.717) is 35.5 Å². The van der Waals surface area contributed by atoms with Crippen LogP contribution >= 0.6 is 23.4 Å². The molecule has 0 spiro atoms. The molecule has 0 atom stereocenters. The van der Waals surface area contributed by atoms with Crippen LogP contribution in [-0.4, -0.2) is 34.0 Å². The number of amidine groups is 1. The molecule has 0 bridgehead atoms. The summed E-state index contributed by atoms with van der Waals surface area (Å²) in [5.41, 5.74) is 1.92. The molecule has 1 aliphatic rings. The summed E-state index contributed by atoms with van der Waals surface area (Å²) >= 11 is 7.33. The Morgan fingerprint density at radius 2 is 1.81 bits per heavy atom. The summed E-state index contributed by atoms with van der Waals surface area (Å²) in [6.45, 7) is 1.17. The van der Waals surface area contributed by atoms with Gasteiger partial charge in [0.1, 0.15) is 0 Å². The molecular formula is C18H16ClN3O3S. The first kappa shape index (κ1) is 18.4. The Balaban J connectivity index is 1.58. The van der Waals surface area contributed by atoms with Gasteiger partial charge in [0.2, 0.25) is 5.91 Å². The molecule has 0 saturated carbocycles. The van der Waals surface area contributed by atoms with Gasteiger partial charge in [-0.25, -0.2) is 0 Å². The van der Waals surface area contributed by atoms with Crippen molar-refractivity contribution < 1.29 is 9.72 Å². The molecule has 3 rings (SSSR count). The lowest BCUT2D eigenvalue weighted by Crippen LogP contribution is -2.34. The SMILES string of the molecule is O=C(Cc1ccc(Cl)cc1)N1CCN=C1SCc1ccc([N+](=O)[O-])cc1. The van der Waals surface area contributed by atoms with Gasteiger partial charge in [-0.1, -0.05) is 47.6 Å². The lowest BCUT2D eigenvalue weighted by atomic mass is 10.1. The van der Waals surface area contributed by atoms with E-state index in [1.807, 2.05) is 12.1 Å². The number of nitro benzene ring substituents is 1. The summed E-state index contributed by atoms with van der Waals surface area (Å²) in [6, 6.07) is 13.6. The highest BCUT2D eigenvalue weighted by molar-refractivity contribution is 8.13. The molecule has 0 fully saturated rings. The van der Waals surface area contributed by atoms with E-state index in [1.54, 1.807) is 29.2 Å². The van der Waals surface area contributed by atoms with Gasteiger partial charge in [-0.15, -0.1) is 0 Å². The zero-order valence-electron chi connectivity index (χ0n) is 13.8. The monoisotopic (exact) mass is 389 g/mol. The third-order valence-corrected chi connectivity index (χ3v) is 5.22. The molecule has 2 aromatic rings. The number of benzene rings is 2. The summed E-state index contributed by atoms with van der Waals surface area (Å²) in [6.07, 6.45) is 0.300. The van der Waals surface area contributed by atoms with Gasteiger partial charge in [0.15, 0.2) is 5.17 Å². The fourth-order valence-corrected chi connectivity index (χ4v) is 3.66. The molecule has 1 heterocycles. The fourth-order valence-electron chi connectivity index (χ4n) is 2.52.